The van der Waals surface area contributed by atoms with Crippen LogP contribution in [0.2, 0.25) is 0 Å². The van der Waals surface area contributed by atoms with Crippen LogP contribution in [-0.2, 0) is 0 Å². The molecule has 2 unspecified atom stereocenters. The monoisotopic (exact) mass is 148 g/mol. The second-order valence-electron chi connectivity index (χ2n) is 3.04. The van der Waals surface area contributed by atoms with Crippen LogP contribution in [0.4, 0.5) is 0 Å². The molecule has 0 amide bonds. The van der Waals surface area contributed by atoms with Gasteiger partial charge >= 0.3 is 0 Å². The summed E-state index contributed by atoms with van der Waals surface area (Å²) in [5, 5.41) is 0.956. The van der Waals surface area contributed by atoms with Crippen molar-refractivity contribution in [3.05, 3.63) is 29.8 Å². The Morgan fingerprint density at radius 1 is 1.30 bits per heavy atom. The van der Waals surface area contributed by atoms with E-state index in [2.05, 4.69) is 36.0 Å². The van der Waals surface area contributed by atoms with Crippen molar-refractivity contribution in [3.63, 3.8) is 0 Å². The van der Waals surface area contributed by atoms with Crippen molar-refractivity contribution in [2.75, 3.05) is 0 Å². The van der Waals surface area contributed by atoms with Gasteiger partial charge in [0.2, 0.25) is 0 Å². The van der Waals surface area contributed by atoms with E-state index in [-0.39, 0.29) is 0 Å². The van der Waals surface area contributed by atoms with Crippen LogP contribution in [0.5, 0.6) is 0 Å². The molecule has 0 nitrogen and oxygen atoms in total. The van der Waals surface area contributed by atoms with Crippen LogP contribution in [0.3, 0.4) is 0 Å². The van der Waals surface area contributed by atoms with Crippen LogP contribution in [-0.4, -0.2) is 5.25 Å². The fourth-order valence-electron chi connectivity index (χ4n) is 1.69. The Kier molecular flexibility index (Phi) is 0.835. The van der Waals surface area contributed by atoms with Crippen molar-refractivity contribution in [3.8, 4) is 0 Å². The predicted molar refractivity (Wildman–Crippen MR) is 43.4 cm³/mol. The van der Waals surface area contributed by atoms with E-state index in [1.165, 1.54) is 11.3 Å². The summed E-state index contributed by atoms with van der Waals surface area (Å²) in [6.45, 7) is 0. The van der Waals surface area contributed by atoms with E-state index >= 15 is 0 Å². The van der Waals surface area contributed by atoms with Gasteiger partial charge in [-0.1, -0.05) is 18.2 Å². The van der Waals surface area contributed by atoms with Gasteiger partial charge in [0.15, 0.2) is 0 Å². The second-order valence-corrected chi connectivity index (χ2v) is 4.32. The highest BCUT2D eigenvalue weighted by Crippen LogP contribution is 2.60. The highest BCUT2D eigenvalue weighted by molar-refractivity contribution is 8.00. The molecule has 0 spiro atoms. The number of benzene rings is 1. The number of fused-ring (bicyclic) bond motifs is 3. The molecular weight excluding hydrogens is 140 g/mol. The van der Waals surface area contributed by atoms with E-state index < -0.39 is 0 Å². The lowest BCUT2D eigenvalue weighted by Crippen LogP contribution is -1.76. The molecular formula is C9H8S. The maximum absolute atomic E-state index is 2.28. The van der Waals surface area contributed by atoms with Crippen LogP contribution >= 0.6 is 11.8 Å². The minimum Gasteiger partial charge on any atom is -0.122 e. The average Bonchev–Trinajstić information content (AvgIpc) is 2.64. The molecule has 2 aliphatic rings. The minimum absolute atomic E-state index is 0.932. The van der Waals surface area contributed by atoms with Crippen molar-refractivity contribution in [2.45, 2.75) is 22.5 Å². The highest BCUT2D eigenvalue weighted by Gasteiger charge is 2.45. The molecule has 0 bridgehead atoms. The van der Waals surface area contributed by atoms with E-state index in [4.69, 9.17) is 0 Å². The predicted octanol–water partition coefficient (Wildman–Crippen LogP) is 2.65. The summed E-state index contributed by atoms with van der Waals surface area (Å²) in [7, 11) is 0. The van der Waals surface area contributed by atoms with E-state index in [1.807, 2.05) is 0 Å². The number of rotatable bonds is 0. The smallest absolute Gasteiger partial charge is 0.0170 e. The third kappa shape index (κ3) is 0.541. The van der Waals surface area contributed by atoms with Gasteiger partial charge in [0.25, 0.3) is 0 Å². The molecule has 1 saturated carbocycles. The molecule has 0 radical (unpaired) electrons. The summed E-state index contributed by atoms with van der Waals surface area (Å²) in [5.74, 6) is 0.932. The number of hydrogen-bond acceptors (Lipinski definition) is 1. The molecule has 3 rings (SSSR count). The Morgan fingerprint density at radius 3 is 3.10 bits per heavy atom. The fourth-order valence-corrected chi connectivity index (χ4v) is 3.14. The zero-order chi connectivity index (χ0) is 6.55. The molecule has 0 N–H and O–H groups in total. The molecule has 1 aromatic rings. The van der Waals surface area contributed by atoms with Gasteiger partial charge in [0, 0.05) is 10.1 Å². The summed E-state index contributed by atoms with van der Waals surface area (Å²) in [5.41, 5.74) is 1.61. The van der Waals surface area contributed by atoms with E-state index in [0.29, 0.717) is 0 Å². The highest BCUT2D eigenvalue weighted by atomic mass is 32.2. The molecule has 0 aromatic heterocycles. The quantitative estimate of drug-likeness (QED) is 0.545. The zero-order valence-corrected chi connectivity index (χ0v) is 6.40. The Bertz CT molecular complexity index is 280. The van der Waals surface area contributed by atoms with Crippen LogP contribution in [0.1, 0.15) is 17.9 Å². The molecule has 1 heteroatoms. The SMILES string of the molecule is c1ccc2c(c1)SC1CC21. The van der Waals surface area contributed by atoms with E-state index in [0.717, 1.165) is 11.2 Å². The molecule has 1 aliphatic heterocycles. The fraction of sp³-hybridized carbons (Fsp3) is 0.333. The van der Waals surface area contributed by atoms with Gasteiger partial charge in [-0.3, -0.25) is 0 Å². The summed E-state index contributed by atoms with van der Waals surface area (Å²) < 4.78 is 0. The standard InChI is InChI=1S/C9H8S/c1-2-4-8-6(3-1)7-5-9(7)10-8/h1-4,7,9H,5H2. The van der Waals surface area contributed by atoms with E-state index in [1.54, 1.807) is 5.56 Å². The van der Waals surface area contributed by atoms with Gasteiger partial charge in [-0.2, -0.15) is 0 Å². The first-order chi connectivity index (χ1) is 4.95. The molecule has 10 heavy (non-hydrogen) atoms. The van der Waals surface area contributed by atoms with Gasteiger partial charge in [0.1, 0.15) is 0 Å². The summed E-state index contributed by atoms with van der Waals surface area (Å²) in [4.78, 5) is 1.53. The molecule has 0 saturated heterocycles. The van der Waals surface area contributed by atoms with Crippen LogP contribution in [0.15, 0.2) is 29.2 Å². The van der Waals surface area contributed by atoms with Crippen molar-refractivity contribution in [1.82, 2.24) is 0 Å². The largest absolute Gasteiger partial charge is 0.122 e. The van der Waals surface area contributed by atoms with Crippen LogP contribution in [0, 0.1) is 0 Å². The maximum atomic E-state index is 2.28. The third-order valence-corrected chi connectivity index (χ3v) is 3.78. The maximum Gasteiger partial charge on any atom is 0.0170 e. The molecule has 1 heterocycles. The van der Waals surface area contributed by atoms with Crippen LogP contribution in [0.25, 0.3) is 0 Å². The molecule has 1 aliphatic carbocycles. The average molecular weight is 148 g/mol. The Balaban J connectivity index is 2.22. The Labute approximate surface area is 64.6 Å². The van der Waals surface area contributed by atoms with E-state index in [9.17, 15) is 0 Å². The third-order valence-electron chi connectivity index (χ3n) is 2.33. The molecule has 2 atom stereocenters. The van der Waals surface area contributed by atoms with Crippen molar-refractivity contribution >= 4 is 11.8 Å². The van der Waals surface area contributed by atoms with Crippen molar-refractivity contribution in [1.29, 1.82) is 0 Å². The lowest BCUT2D eigenvalue weighted by atomic mass is 10.1. The first-order valence-corrected chi connectivity index (χ1v) is 4.59. The lowest BCUT2D eigenvalue weighted by molar-refractivity contribution is 1.10. The first kappa shape index (κ1) is 5.25. The Morgan fingerprint density at radius 2 is 2.20 bits per heavy atom. The minimum atomic E-state index is 0.932. The number of thioether (sulfide) groups is 1. The summed E-state index contributed by atoms with van der Waals surface area (Å²) in [6, 6.07) is 8.81. The number of hydrogen-bond donors (Lipinski definition) is 0. The molecule has 1 fully saturated rings. The van der Waals surface area contributed by atoms with Gasteiger partial charge in [-0.25, -0.2) is 0 Å². The van der Waals surface area contributed by atoms with Gasteiger partial charge < -0.3 is 0 Å². The van der Waals surface area contributed by atoms with Gasteiger partial charge in [-0.05, 0) is 24.0 Å². The summed E-state index contributed by atoms with van der Waals surface area (Å²) in [6.07, 6.45) is 1.43. The molecule has 50 valence electrons. The lowest BCUT2D eigenvalue weighted by Gasteiger charge is -1.97. The van der Waals surface area contributed by atoms with Crippen molar-refractivity contribution in [2.24, 2.45) is 0 Å². The molecule has 1 aromatic carbocycles. The summed E-state index contributed by atoms with van der Waals surface area (Å²) >= 11 is 2.07. The van der Waals surface area contributed by atoms with Gasteiger partial charge in [-0.15, -0.1) is 11.8 Å². The zero-order valence-electron chi connectivity index (χ0n) is 5.58. The van der Waals surface area contributed by atoms with Crippen LogP contribution < -0.4 is 0 Å². The Hall–Kier alpha value is -0.430. The second kappa shape index (κ2) is 1.59. The normalized spacial score (nSPS) is 33.2. The van der Waals surface area contributed by atoms with Crippen molar-refractivity contribution < 1.29 is 0 Å². The topological polar surface area (TPSA) is 0 Å². The first-order valence-electron chi connectivity index (χ1n) is 3.71. The van der Waals surface area contributed by atoms with Gasteiger partial charge in [0.05, 0.1) is 0 Å².